The van der Waals surface area contributed by atoms with Crippen LogP contribution in [0, 0.1) is 0 Å². The van der Waals surface area contributed by atoms with E-state index in [0.29, 0.717) is 24.6 Å². The Balaban J connectivity index is -0.000000461. The predicted molar refractivity (Wildman–Crippen MR) is 135 cm³/mol. The smallest absolute Gasteiger partial charge is 0.444 e. The lowest BCUT2D eigenvalue weighted by molar-refractivity contribution is -0.0294. The van der Waals surface area contributed by atoms with Gasteiger partial charge in [0, 0.05) is 58.7 Å². The Morgan fingerprint density at radius 2 is 1.06 bits per heavy atom. The molecule has 3 N–H and O–H groups in total. The molecule has 0 aliphatic heterocycles. The van der Waals surface area contributed by atoms with Crippen LogP contribution in [0.15, 0.2) is 0 Å². The Labute approximate surface area is 209 Å². The Morgan fingerprint density at radius 1 is 0.706 bits per heavy atom. The van der Waals surface area contributed by atoms with Gasteiger partial charge < -0.3 is 30.0 Å². The molecule has 0 aromatic carbocycles. The number of nitrogens with one attached hydrogen (secondary N) is 1. The fourth-order valence-corrected chi connectivity index (χ4v) is 2.11. The third kappa shape index (κ3) is 37.6. The van der Waals surface area contributed by atoms with E-state index >= 15 is 0 Å². The molecule has 13 heteroatoms. The molecule has 11 nitrogen and oxygen atoms in total. The molecule has 0 aromatic rings. The summed E-state index contributed by atoms with van der Waals surface area (Å²) in [5.41, 5.74) is 3.17. The Bertz CT molecular complexity index is 639. The first-order valence-electron chi connectivity index (χ1n) is 10.5. The zero-order valence-electron chi connectivity index (χ0n) is 22.4. The minimum atomic E-state index is -1.06. The van der Waals surface area contributed by atoms with Gasteiger partial charge >= 0.3 is 18.4 Å². The summed E-state index contributed by atoms with van der Waals surface area (Å²) in [5, 5.41) is 2.52. The largest absolute Gasteiger partial charge is 0.519 e. The van der Waals surface area contributed by atoms with Crippen LogP contribution in [0.4, 0.5) is 14.4 Å². The predicted octanol–water partition coefficient (Wildman–Crippen LogP) is 3.09. The number of amides is 1. The molecule has 0 radical (unpaired) electrons. The Hall–Kier alpha value is -1.73. The molecule has 1 amide bonds. The highest BCUT2D eigenvalue weighted by Crippen LogP contribution is 2.11. The van der Waals surface area contributed by atoms with Gasteiger partial charge in [0.25, 0.3) is 0 Å². The van der Waals surface area contributed by atoms with Crippen molar-refractivity contribution in [3.05, 3.63) is 0 Å². The van der Waals surface area contributed by atoms with Crippen LogP contribution in [0.25, 0.3) is 0 Å². The highest BCUT2D eigenvalue weighted by atomic mass is 32.2. The van der Waals surface area contributed by atoms with Crippen LogP contribution >= 0.6 is 0 Å². The number of hydrogen-bond acceptors (Lipinski definition) is 10. The van der Waals surface area contributed by atoms with E-state index in [4.69, 9.17) is 19.9 Å². The second-order valence-electron chi connectivity index (χ2n) is 9.80. The molecule has 0 aliphatic carbocycles. The van der Waals surface area contributed by atoms with Gasteiger partial charge in [-0.25, -0.2) is 14.4 Å². The topological polar surface area (TPSA) is 160 Å². The highest BCUT2D eigenvalue weighted by Gasteiger charge is 2.24. The van der Waals surface area contributed by atoms with Crippen LogP contribution in [0.3, 0.4) is 0 Å². The molecule has 2 atom stereocenters. The Morgan fingerprint density at radius 3 is 1.29 bits per heavy atom. The molecule has 0 spiro atoms. The lowest BCUT2D eigenvalue weighted by atomic mass is 10.2. The van der Waals surface area contributed by atoms with E-state index < -0.39 is 56.8 Å². The number of carbonyl (C=O) groups excluding carboxylic acids is 3. The molecule has 0 bridgehead atoms. The molecule has 0 rings (SSSR count). The van der Waals surface area contributed by atoms with Crippen molar-refractivity contribution in [1.82, 2.24) is 5.32 Å². The molecular weight excluding hydrogens is 488 g/mol. The quantitative estimate of drug-likeness (QED) is 0.306. The van der Waals surface area contributed by atoms with Gasteiger partial charge in [-0.15, -0.1) is 0 Å². The summed E-state index contributed by atoms with van der Waals surface area (Å²) in [5.74, 6) is 1.08. The molecule has 0 saturated carbocycles. The second kappa shape index (κ2) is 17.7. The summed E-state index contributed by atoms with van der Waals surface area (Å²) < 4.78 is 39.5. The second-order valence-corrected chi connectivity index (χ2v) is 12.9. The van der Waals surface area contributed by atoms with E-state index in [-0.39, 0.29) is 0 Å². The summed E-state index contributed by atoms with van der Waals surface area (Å²) in [4.78, 5) is 33.0. The monoisotopic (exact) mass is 532 g/mol. The van der Waals surface area contributed by atoms with Gasteiger partial charge in [-0.2, -0.15) is 0 Å². The lowest BCUT2D eigenvalue weighted by Crippen LogP contribution is -2.34. The molecule has 0 fully saturated rings. The molecule has 0 aromatic heterocycles. The van der Waals surface area contributed by atoms with Crippen LogP contribution in [-0.2, 0) is 40.5 Å². The van der Waals surface area contributed by atoms with Crippen molar-refractivity contribution in [3.63, 3.8) is 0 Å². The lowest BCUT2D eigenvalue weighted by Gasteiger charge is -2.20. The number of alkyl carbamates (subject to hydrolysis) is 1. The number of rotatable bonds is 5. The molecule has 0 heterocycles. The maximum Gasteiger partial charge on any atom is 0.519 e. The zero-order valence-corrected chi connectivity index (χ0v) is 24.0. The minimum Gasteiger partial charge on any atom is -0.444 e. The number of nitrogens with two attached hydrogens (primary N) is 1. The normalized spacial score (nSPS) is 12.9. The zero-order chi connectivity index (χ0) is 27.8. The van der Waals surface area contributed by atoms with Crippen molar-refractivity contribution in [1.29, 1.82) is 0 Å². The van der Waals surface area contributed by atoms with Crippen molar-refractivity contribution in [2.75, 3.05) is 37.1 Å². The van der Waals surface area contributed by atoms with Crippen LogP contribution < -0.4 is 11.1 Å². The molecule has 204 valence electrons. The van der Waals surface area contributed by atoms with Crippen LogP contribution in [0.1, 0.15) is 62.3 Å². The first kappa shape index (κ1) is 36.8. The first-order chi connectivity index (χ1) is 15.1. The van der Waals surface area contributed by atoms with Gasteiger partial charge in [-0.05, 0) is 62.3 Å². The van der Waals surface area contributed by atoms with Crippen LogP contribution in [-0.4, -0.2) is 80.7 Å². The highest BCUT2D eigenvalue weighted by molar-refractivity contribution is 7.84. The van der Waals surface area contributed by atoms with Crippen molar-refractivity contribution < 1.29 is 41.7 Å². The van der Waals surface area contributed by atoms with Crippen LogP contribution in [0.5, 0.6) is 0 Å². The SMILES string of the molecule is CC(C)(C)OC(=O)OC(=O)OC(C)(C)C.CS(=O)CCN.CS(=O)CCNC(=O)OC(C)(C)C. The van der Waals surface area contributed by atoms with E-state index in [0.717, 1.165) is 0 Å². The minimum absolute atomic E-state index is 0.387. The van der Waals surface area contributed by atoms with E-state index in [1.807, 2.05) is 0 Å². The van der Waals surface area contributed by atoms with E-state index in [9.17, 15) is 22.8 Å². The fourth-order valence-electron chi connectivity index (χ4n) is 1.39. The fraction of sp³-hybridized carbons (Fsp3) is 0.857. The van der Waals surface area contributed by atoms with Crippen LogP contribution in [0.2, 0.25) is 0 Å². The summed E-state index contributed by atoms with van der Waals surface area (Å²) in [7, 11) is -1.57. The average molecular weight is 533 g/mol. The summed E-state index contributed by atoms with van der Waals surface area (Å²) in [6.07, 6.45) is 0.662. The van der Waals surface area contributed by atoms with Crippen molar-refractivity contribution in [2.45, 2.75) is 79.1 Å². The van der Waals surface area contributed by atoms with Gasteiger partial charge in [0.2, 0.25) is 0 Å². The maximum atomic E-state index is 11.0. The third-order valence-electron chi connectivity index (χ3n) is 2.41. The standard InChI is InChI=1S/C10H18O5.C8H17NO3S.C3H9NOS/c1-9(2,3)14-7(11)13-8(12)15-10(4,5)6;1-8(2,3)12-7(10)9-5-6-13(4)11;1-6(5)3-2-4/h1-6H3;5-6H2,1-4H3,(H,9,10);2-4H2,1H3. The van der Waals surface area contributed by atoms with Gasteiger partial charge in [0.15, 0.2) is 0 Å². The van der Waals surface area contributed by atoms with E-state index in [1.165, 1.54) is 0 Å². The van der Waals surface area contributed by atoms with Gasteiger partial charge in [0.1, 0.15) is 16.8 Å². The molecule has 34 heavy (non-hydrogen) atoms. The number of ether oxygens (including phenoxy) is 4. The molecule has 0 aliphatic rings. The maximum absolute atomic E-state index is 11.0. The summed E-state index contributed by atoms with van der Waals surface area (Å²) >= 11 is 0. The van der Waals surface area contributed by atoms with E-state index in [2.05, 4.69) is 10.1 Å². The number of hydrogen-bond donors (Lipinski definition) is 2. The number of carbonyl (C=O) groups is 3. The van der Waals surface area contributed by atoms with Crippen molar-refractivity contribution in [2.24, 2.45) is 5.73 Å². The first-order valence-corrected chi connectivity index (χ1v) is 13.9. The molecule has 0 saturated heterocycles. The van der Waals surface area contributed by atoms with Crippen molar-refractivity contribution in [3.8, 4) is 0 Å². The summed E-state index contributed by atoms with van der Waals surface area (Å²) in [6, 6.07) is 0. The molecule has 2 unspecified atom stereocenters. The van der Waals surface area contributed by atoms with Crippen molar-refractivity contribution >= 4 is 40.0 Å². The average Bonchev–Trinajstić information content (AvgIpc) is 2.49. The summed E-state index contributed by atoms with van der Waals surface area (Å²) in [6.45, 7) is 16.3. The Kier molecular flexibility index (Phi) is 19.1. The van der Waals surface area contributed by atoms with Gasteiger partial charge in [-0.3, -0.25) is 8.42 Å². The third-order valence-corrected chi connectivity index (χ3v) is 4.00. The van der Waals surface area contributed by atoms with Gasteiger partial charge in [-0.1, -0.05) is 0 Å². The van der Waals surface area contributed by atoms with Gasteiger partial charge in [0.05, 0.1) is 0 Å². The van der Waals surface area contributed by atoms with E-state index in [1.54, 1.807) is 74.8 Å². The molecular formula is C21H44N2O9S2.